The highest BCUT2D eigenvalue weighted by Gasteiger charge is 2.08. The Morgan fingerprint density at radius 3 is 2.37 bits per heavy atom. The fourth-order valence-electron chi connectivity index (χ4n) is 2.56. The molecule has 2 N–H and O–H groups in total. The summed E-state index contributed by atoms with van der Waals surface area (Å²) in [5.74, 6) is 0.838. The van der Waals surface area contributed by atoms with Gasteiger partial charge in [-0.2, -0.15) is 5.10 Å². The Labute approximate surface area is 180 Å². The molecule has 0 saturated carbocycles. The van der Waals surface area contributed by atoms with E-state index in [1.807, 2.05) is 43.3 Å². The van der Waals surface area contributed by atoms with E-state index in [2.05, 4.69) is 15.8 Å². The minimum Gasteiger partial charge on any atom is -0.497 e. The first-order valence-corrected chi connectivity index (χ1v) is 9.57. The largest absolute Gasteiger partial charge is 0.497 e. The molecule has 0 spiro atoms. The maximum atomic E-state index is 12.2. The van der Waals surface area contributed by atoms with Crippen molar-refractivity contribution in [3.8, 4) is 11.5 Å². The van der Waals surface area contributed by atoms with Gasteiger partial charge in [-0.1, -0.05) is 17.7 Å². The molecule has 30 heavy (non-hydrogen) atoms. The zero-order valence-corrected chi connectivity index (χ0v) is 17.4. The molecular weight excluding hydrogens is 398 g/mol. The summed E-state index contributed by atoms with van der Waals surface area (Å²) in [5, 5.41) is 7.49. The van der Waals surface area contributed by atoms with Gasteiger partial charge >= 0.3 is 5.97 Å². The normalized spacial score (nSPS) is 10.5. The number of hydrazone groups is 1. The summed E-state index contributed by atoms with van der Waals surface area (Å²) < 4.78 is 10.5. The molecule has 0 aliphatic heterocycles. The zero-order valence-electron chi connectivity index (χ0n) is 16.6. The lowest BCUT2D eigenvalue weighted by Crippen LogP contribution is -2.23. The van der Waals surface area contributed by atoms with Gasteiger partial charge in [0.2, 0.25) is 0 Å². The van der Waals surface area contributed by atoms with Crippen molar-refractivity contribution in [1.29, 1.82) is 0 Å². The van der Waals surface area contributed by atoms with Crippen LogP contribution in [0.15, 0.2) is 77.9 Å². The first kappa shape index (κ1) is 21.0. The second-order valence-electron chi connectivity index (χ2n) is 6.38. The van der Waals surface area contributed by atoms with E-state index >= 15 is 0 Å². The molecule has 3 rings (SSSR count). The van der Waals surface area contributed by atoms with Crippen LogP contribution in [0.3, 0.4) is 0 Å². The van der Waals surface area contributed by atoms with Gasteiger partial charge in [0, 0.05) is 5.69 Å². The first-order valence-electron chi connectivity index (χ1n) is 9.16. The van der Waals surface area contributed by atoms with E-state index in [0.29, 0.717) is 16.4 Å². The Kier molecular flexibility index (Phi) is 7.13. The Morgan fingerprint density at radius 2 is 1.70 bits per heavy atom. The van der Waals surface area contributed by atoms with Gasteiger partial charge in [0.1, 0.15) is 11.5 Å². The average Bonchev–Trinajstić information content (AvgIpc) is 2.75. The van der Waals surface area contributed by atoms with Crippen LogP contribution in [0, 0.1) is 6.92 Å². The van der Waals surface area contributed by atoms with Crippen LogP contribution in [-0.4, -0.2) is 24.4 Å². The van der Waals surface area contributed by atoms with Crippen LogP contribution in [0.5, 0.6) is 11.5 Å². The van der Waals surface area contributed by atoms with Gasteiger partial charge in [0.05, 0.1) is 18.9 Å². The van der Waals surface area contributed by atoms with E-state index < -0.39 is 5.97 Å². The molecule has 0 unspecified atom stereocenters. The third kappa shape index (κ3) is 6.15. The molecule has 7 heteroatoms. The first-order chi connectivity index (χ1) is 14.5. The standard InChI is InChI=1S/C23H21N3O3S/c1-16-4-3-5-18(14-16)22(27)29-21-10-6-17(7-11-21)15-24-26-23(30)25-19-8-12-20(28-2)13-9-19/h3-15H,1-2H3,(H2,25,26,30)/b24-15+. The molecule has 0 radical (unpaired) electrons. The molecule has 152 valence electrons. The van der Waals surface area contributed by atoms with E-state index in [1.165, 1.54) is 0 Å². The number of ether oxygens (including phenoxy) is 2. The predicted octanol–water partition coefficient (Wildman–Crippen LogP) is 4.54. The topological polar surface area (TPSA) is 71.9 Å². The lowest BCUT2D eigenvalue weighted by Gasteiger charge is -2.07. The number of nitrogens with zero attached hydrogens (tertiary/aromatic N) is 1. The van der Waals surface area contributed by atoms with Crippen LogP contribution in [0.2, 0.25) is 0 Å². The molecule has 0 aromatic heterocycles. The number of carbonyl (C=O) groups is 1. The number of thiocarbonyl (C=S) groups is 1. The number of anilines is 1. The van der Waals surface area contributed by atoms with Crippen LogP contribution in [0.25, 0.3) is 0 Å². The second kappa shape index (κ2) is 10.2. The molecule has 0 aliphatic carbocycles. The molecule has 3 aromatic carbocycles. The Balaban J connectivity index is 1.50. The highest BCUT2D eigenvalue weighted by Crippen LogP contribution is 2.15. The molecule has 0 fully saturated rings. The monoisotopic (exact) mass is 419 g/mol. The Bertz CT molecular complexity index is 1050. The number of nitrogens with one attached hydrogen (secondary N) is 2. The van der Waals surface area contributed by atoms with Crippen molar-refractivity contribution < 1.29 is 14.3 Å². The van der Waals surface area contributed by atoms with Crippen molar-refractivity contribution in [2.45, 2.75) is 6.92 Å². The summed E-state index contributed by atoms with van der Waals surface area (Å²) in [5.41, 5.74) is 5.92. The van der Waals surface area contributed by atoms with E-state index in [9.17, 15) is 4.79 Å². The van der Waals surface area contributed by atoms with Crippen LogP contribution in [-0.2, 0) is 0 Å². The van der Waals surface area contributed by atoms with Gasteiger partial charge in [-0.15, -0.1) is 0 Å². The van der Waals surface area contributed by atoms with Crippen LogP contribution in [0.4, 0.5) is 5.69 Å². The molecule has 0 bridgehead atoms. The SMILES string of the molecule is COc1ccc(NC(=S)N/N=C/c2ccc(OC(=O)c3cccc(C)c3)cc2)cc1. The van der Waals surface area contributed by atoms with Crippen molar-refractivity contribution in [2.75, 3.05) is 12.4 Å². The van der Waals surface area contributed by atoms with Gasteiger partial charge in [-0.05, 0) is 85.4 Å². The zero-order chi connectivity index (χ0) is 21.3. The number of methoxy groups -OCH3 is 1. The molecule has 0 atom stereocenters. The molecule has 6 nitrogen and oxygen atoms in total. The molecule has 0 saturated heterocycles. The highest BCUT2D eigenvalue weighted by atomic mass is 32.1. The highest BCUT2D eigenvalue weighted by molar-refractivity contribution is 7.80. The van der Waals surface area contributed by atoms with Crippen molar-refractivity contribution in [1.82, 2.24) is 5.43 Å². The molecule has 0 heterocycles. The second-order valence-corrected chi connectivity index (χ2v) is 6.79. The molecule has 0 amide bonds. The minimum atomic E-state index is -0.392. The van der Waals surface area contributed by atoms with Crippen molar-refractivity contribution in [2.24, 2.45) is 5.10 Å². The summed E-state index contributed by atoms with van der Waals surface area (Å²) in [6, 6.07) is 21.7. The van der Waals surface area contributed by atoms with Crippen molar-refractivity contribution in [3.05, 3.63) is 89.5 Å². The van der Waals surface area contributed by atoms with Crippen molar-refractivity contribution in [3.63, 3.8) is 0 Å². The van der Waals surface area contributed by atoms with E-state index in [1.54, 1.807) is 49.7 Å². The average molecular weight is 420 g/mol. The van der Waals surface area contributed by atoms with E-state index in [-0.39, 0.29) is 0 Å². The van der Waals surface area contributed by atoms with Crippen LogP contribution in [0.1, 0.15) is 21.5 Å². The van der Waals surface area contributed by atoms with Crippen molar-refractivity contribution >= 4 is 35.2 Å². The number of carbonyl (C=O) groups excluding carboxylic acids is 1. The molecule has 3 aromatic rings. The number of rotatable bonds is 6. The van der Waals surface area contributed by atoms with E-state index in [0.717, 1.165) is 22.6 Å². The number of hydrogen-bond acceptors (Lipinski definition) is 5. The molecular formula is C23H21N3O3S. The Hall–Kier alpha value is -3.71. The minimum absolute atomic E-state index is 0.361. The van der Waals surface area contributed by atoms with Crippen LogP contribution < -0.4 is 20.2 Å². The third-order valence-corrected chi connectivity index (χ3v) is 4.27. The Morgan fingerprint density at radius 1 is 1.00 bits per heavy atom. The van der Waals surface area contributed by atoms with Gasteiger partial charge < -0.3 is 14.8 Å². The number of aryl methyl sites for hydroxylation is 1. The quantitative estimate of drug-likeness (QED) is 0.201. The van der Waals surface area contributed by atoms with Crippen LogP contribution >= 0.6 is 12.2 Å². The lowest BCUT2D eigenvalue weighted by molar-refractivity contribution is 0.0734. The third-order valence-electron chi connectivity index (χ3n) is 4.07. The number of benzene rings is 3. The lowest BCUT2D eigenvalue weighted by atomic mass is 10.1. The number of hydrogen-bond donors (Lipinski definition) is 2. The summed E-state index contributed by atoms with van der Waals surface area (Å²) in [7, 11) is 1.62. The maximum absolute atomic E-state index is 12.2. The summed E-state index contributed by atoms with van der Waals surface area (Å²) in [6.07, 6.45) is 1.62. The summed E-state index contributed by atoms with van der Waals surface area (Å²) in [4.78, 5) is 12.2. The fourth-order valence-corrected chi connectivity index (χ4v) is 2.73. The van der Waals surface area contributed by atoms with Gasteiger partial charge in [0.25, 0.3) is 0 Å². The van der Waals surface area contributed by atoms with Gasteiger partial charge in [0.15, 0.2) is 5.11 Å². The van der Waals surface area contributed by atoms with Gasteiger partial charge in [-0.3, -0.25) is 5.43 Å². The summed E-state index contributed by atoms with van der Waals surface area (Å²) in [6.45, 7) is 1.93. The molecule has 0 aliphatic rings. The maximum Gasteiger partial charge on any atom is 0.343 e. The predicted molar refractivity (Wildman–Crippen MR) is 123 cm³/mol. The van der Waals surface area contributed by atoms with Gasteiger partial charge in [-0.25, -0.2) is 4.79 Å². The van der Waals surface area contributed by atoms with E-state index in [4.69, 9.17) is 21.7 Å². The smallest absolute Gasteiger partial charge is 0.343 e. The number of esters is 1. The fraction of sp³-hybridized carbons (Fsp3) is 0.0870. The summed E-state index contributed by atoms with van der Waals surface area (Å²) >= 11 is 5.21.